The lowest BCUT2D eigenvalue weighted by Gasteiger charge is -2.20. The monoisotopic (exact) mass is 383 g/mol. The number of nitrogens with zero attached hydrogens (tertiary/aromatic N) is 1. The number of hydrogen-bond donors (Lipinski definition) is 0. The number of methoxy groups -OCH3 is 3. The van der Waals surface area contributed by atoms with E-state index in [-0.39, 0.29) is 5.63 Å². The molecular formula is C22H25NO5. The van der Waals surface area contributed by atoms with E-state index in [0.717, 1.165) is 22.1 Å². The minimum absolute atomic E-state index is 0.369. The molecule has 0 unspecified atom stereocenters. The van der Waals surface area contributed by atoms with Crippen molar-refractivity contribution in [3.8, 4) is 17.2 Å². The van der Waals surface area contributed by atoms with Gasteiger partial charge in [-0.1, -0.05) is 0 Å². The quantitative estimate of drug-likeness (QED) is 0.579. The van der Waals surface area contributed by atoms with Crippen LogP contribution >= 0.6 is 0 Å². The lowest BCUT2D eigenvalue weighted by molar-refractivity contribution is 0.316. The Labute approximate surface area is 164 Å². The van der Waals surface area contributed by atoms with Gasteiger partial charge in [0.05, 0.1) is 21.3 Å². The fraction of sp³-hybridized carbons (Fsp3) is 0.318. The lowest BCUT2D eigenvalue weighted by Crippen LogP contribution is -2.19. The number of ether oxygens (including phenoxy) is 3. The van der Waals surface area contributed by atoms with Crippen molar-refractivity contribution in [2.75, 3.05) is 28.4 Å². The Bertz CT molecular complexity index is 1040. The standard InChI is InChI=1S/C22H25NO5/c1-14-8-20(26-4)21(27-5)9-15(14)12-23(2)13-16-10-22(24)28-19-11-17(25-3)6-7-18(16)19/h6-11H,12-13H2,1-5H3. The van der Waals surface area contributed by atoms with E-state index in [1.165, 1.54) is 0 Å². The highest BCUT2D eigenvalue weighted by Gasteiger charge is 2.13. The van der Waals surface area contributed by atoms with Crippen molar-refractivity contribution in [3.63, 3.8) is 0 Å². The summed E-state index contributed by atoms with van der Waals surface area (Å²) in [4.78, 5) is 14.1. The summed E-state index contributed by atoms with van der Waals surface area (Å²) in [6.45, 7) is 3.34. The highest BCUT2D eigenvalue weighted by atomic mass is 16.5. The Morgan fingerprint density at radius 1 is 0.893 bits per heavy atom. The van der Waals surface area contributed by atoms with Crippen LogP contribution in [0.15, 0.2) is 45.6 Å². The predicted octanol–water partition coefficient (Wildman–Crippen LogP) is 3.76. The van der Waals surface area contributed by atoms with E-state index in [1.54, 1.807) is 33.5 Å². The van der Waals surface area contributed by atoms with Crippen molar-refractivity contribution in [2.24, 2.45) is 0 Å². The fourth-order valence-electron chi connectivity index (χ4n) is 3.30. The van der Waals surface area contributed by atoms with Gasteiger partial charge in [-0.25, -0.2) is 4.79 Å². The predicted molar refractivity (Wildman–Crippen MR) is 108 cm³/mol. The van der Waals surface area contributed by atoms with Gasteiger partial charge in [0, 0.05) is 30.6 Å². The Hall–Kier alpha value is -2.99. The summed E-state index contributed by atoms with van der Waals surface area (Å²) in [6, 6.07) is 11.0. The van der Waals surface area contributed by atoms with Crippen LogP contribution in [0, 0.1) is 6.92 Å². The van der Waals surface area contributed by atoms with Crippen LogP contribution in [-0.2, 0) is 13.1 Å². The van der Waals surface area contributed by atoms with Gasteiger partial charge >= 0.3 is 5.63 Å². The summed E-state index contributed by atoms with van der Waals surface area (Å²) < 4.78 is 21.3. The molecule has 0 aliphatic carbocycles. The summed E-state index contributed by atoms with van der Waals surface area (Å²) >= 11 is 0. The molecule has 28 heavy (non-hydrogen) atoms. The zero-order chi connectivity index (χ0) is 20.3. The number of benzene rings is 2. The normalized spacial score (nSPS) is 11.1. The highest BCUT2D eigenvalue weighted by Crippen LogP contribution is 2.31. The molecule has 0 N–H and O–H groups in total. The third-order valence-electron chi connectivity index (χ3n) is 4.76. The van der Waals surface area contributed by atoms with Crippen molar-refractivity contribution >= 4 is 11.0 Å². The number of fused-ring (bicyclic) bond motifs is 1. The third-order valence-corrected chi connectivity index (χ3v) is 4.76. The maximum absolute atomic E-state index is 12.0. The van der Waals surface area contributed by atoms with Gasteiger partial charge in [0.2, 0.25) is 0 Å². The Kier molecular flexibility index (Phi) is 5.90. The molecule has 148 valence electrons. The molecule has 3 aromatic rings. The molecule has 0 saturated carbocycles. The average Bonchev–Trinajstić information content (AvgIpc) is 2.68. The second kappa shape index (κ2) is 8.35. The average molecular weight is 383 g/mol. The third kappa shape index (κ3) is 4.12. The van der Waals surface area contributed by atoms with E-state index in [4.69, 9.17) is 18.6 Å². The zero-order valence-corrected chi connectivity index (χ0v) is 16.9. The number of aryl methyl sites for hydroxylation is 1. The Morgan fingerprint density at radius 2 is 1.57 bits per heavy atom. The molecule has 0 spiro atoms. The van der Waals surface area contributed by atoms with Crippen molar-refractivity contribution in [1.82, 2.24) is 4.90 Å². The molecule has 0 saturated heterocycles. The first-order valence-corrected chi connectivity index (χ1v) is 8.96. The molecule has 0 aliphatic rings. The lowest BCUT2D eigenvalue weighted by atomic mass is 10.1. The summed E-state index contributed by atoms with van der Waals surface area (Å²) in [5.74, 6) is 2.07. The van der Waals surface area contributed by atoms with Gasteiger partial charge in [-0.15, -0.1) is 0 Å². The molecule has 6 nitrogen and oxygen atoms in total. The Morgan fingerprint density at radius 3 is 2.25 bits per heavy atom. The summed E-state index contributed by atoms with van der Waals surface area (Å²) in [7, 11) is 6.86. The molecule has 0 fully saturated rings. The van der Waals surface area contributed by atoms with Gasteiger partial charge in [-0.3, -0.25) is 4.90 Å². The maximum atomic E-state index is 12.0. The molecule has 0 bridgehead atoms. The molecule has 3 rings (SSSR count). The van der Waals surface area contributed by atoms with E-state index in [2.05, 4.69) is 4.90 Å². The molecule has 2 aromatic carbocycles. The van der Waals surface area contributed by atoms with Crippen LogP contribution in [0.1, 0.15) is 16.7 Å². The van der Waals surface area contributed by atoms with Crippen LogP contribution in [0.4, 0.5) is 0 Å². The summed E-state index contributed by atoms with van der Waals surface area (Å²) in [6.07, 6.45) is 0. The first-order valence-electron chi connectivity index (χ1n) is 8.96. The van der Waals surface area contributed by atoms with Crippen LogP contribution < -0.4 is 19.8 Å². The van der Waals surface area contributed by atoms with E-state index in [0.29, 0.717) is 35.9 Å². The first kappa shape index (κ1) is 19.8. The highest BCUT2D eigenvalue weighted by molar-refractivity contribution is 5.81. The minimum Gasteiger partial charge on any atom is -0.497 e. The van der Waals surface area contributed by atoms with E-state index >= 15 is 0 Å². The number of hydrogen-bond acceptors (Lipinski definition) is 6. The van der Waals surface area contributed by atoms with Gasteiger partial charge < -0.3 is 18.6 Å². The second-order valence-corrected chi connectivity index (χ2v) is 6.76. The maximum Gasteiger partial charge on any atom is 0.336 e. The van der Waals surface area contributed by atoms with Gasteiger partial charge in [0.1, 0.15) is 11.3 Å². The van der Waals surface area contributed by atoms with Crippen molar-refractivity contribution in [3.05, 3.63) is 63.5 Å². The van der Waals surface area contributed by atoms with Crippen LogP contribution in [0.2, 0.25) is 0 Å². The van der Waals surface area contributed by atoms with Gasteiger partial charge in [-0.2, -0.15) is 0 Å². The molecular weight excluding hydrogens is 358 g/mol. The van der Waals surface area contributed by atoms with E-state index in [9.17, 15) is 4.79 Å². The van der Waals surface area contributed by atoms with Crippen molar-refractivity contribution in [1.29, 1.82) is 0 Å². The fourth-order valence-corrected chi connectivity index (χ4v) is 3.30. The molecule has 1 aromatic heterocycles. The second-order valence-electron chi connectivity index (χ2n) is 6.76. The molecule has 0 amide bonds. The topological polar surface area (TPSA) is 61.1 Å². The van der Waals surface area contributed by atoms with Crippen LogP contribution in [0.25, 0.3) is 11.0 Å². The van der Waals surface area contributed by atoms with Crippen molar-refractivity contribution in [2.45, 2.75) is 20.0 Å². The molecule has 0 atom stereocenters. The minimum atomic E-state index is -0.369. The molecule has 0 radical (unpaired) electrons. The van der Waals surface area contributed by atoms with Crippen molar-refractivity contribution < 1.29 is 18.6 Å². The van der Waals surface area contributed by atoms with Crippen LogP contribution in [-0.4, -0.2) is 33.3 Å². The number of rotatable bonds is 7. The SMILES string of the molecule is COc1ccc2c(CN(C)Cc3cc(OC)c(OC)cc3C)cc(=O)oc2c1. The largest absolute Gasteiger partial charge is 0.497 e. The molecule has 0 aliphatic heterocycles. The molecule has 6 heteroatoms. The van der Waals surface area contributed by atoms with E-state index < -0.39 is 0 Å². The van der Waals surface area contributed by atoms with Gasteiger partial charge in [-0.05, 0) is 54.9 Å². The van der Waals surface area contributed by atoms with Crippen LogP contribution in [0.5, 0.6) is 17.2 Å². The summed E-state index contributed by atoms with van der Waals surface area (Å²) in [5.41, 5.74) is 3.32. The smallest absolute Gasteiger partial charge is 0.336 e. The zero-order valence-electron chi connectivity index (χ0n) is 16.9. The van der Waals surface area contributed by atoms with Gasteiger partial charge in [0.15, 0.2) is 11.5 Å². The molecule has 1 heterocycles. The summed E-state index contributed by atoms with van der Waals surface area (Å²) in [5, 5.41) is 0.899. The Balaban J connectivity index is 1.88. The van der Waals surface area contributed by atoms with Crippen LogP contribution in [0.3, 0.4) is 0 Å². The first-order chi connectivity index (χ1) is 13.4. The van der Waals surface area contributed by atoms with E-state index in [1.807, 2.05) is 38.2 Å². The van der Waals surface area contributed by atoms with Gasteiger partial charge in [0.25, 0.3) is 0 Å².